The number of hydrogen-bond acceptors (Lipinski definition) is 7. The van der Waals surface area contributed by atoms with Crippen molar-refractivity contribution in [1.29, 1.82) is 0 Å². The lowest BCUT2D eigenvalue weighted by Gasteiger charge is -2.44. The number of pyridine rings is 1. The Bertz CT molecular complexity index is 1960. The maximum atomic E-state index is 16.8. The molecule has 4 aromatic rings. The largest absolute Gasteiger partial charge is 0.487 e. The number of nitrogens with zero attached hydrogens (tertiary/aromatic N) is 5. The van der Waals surface area contributed by atoms with Gasteiger partial charge in [-0.2, -0.15) is 4.98 Å². The minimum Gasteiger partial charge on any atom is -0.487 e. The van der Waals surface area contributed by atoms with Gasteiger partial charge in [0.15, 0.2) is 17.4 Å². The van der Waals surface area contributed by atoms with Gasteiger partial charge >= 0.3 is 5.69 Å². The van der Waals surface area contributed by atoms with Gasteiger partial charge in [0.25, 0.3) is 0 Å². The van der Waals surface area contributed by atoms with E-state index in [2.05, 4.69) is 16.5 Å². The van der Waals surface area contributed by atoms with Gasteiger partial charge in [-0.25, -0.2) is 13.6 Å². The number of benzene rings is 2. The minimum absolute atomic E-state index is 0.0644. The molecule has 234 valence electrons. The van der Waals surface area contributed by atoms with Crippen molar-refractivity contribution in [3.05, 3.63) is 80.5 Å². The second-order valence-electron chi connectivity index (χ2n) is 11.6. The zero-order valence-electron chi connectivity index (χ0n) is 25.0. The summed E-state index contributed by atoms with van der Waals surface area (Å²) in [5, 5.41) is -0.218. The van der Waals surface area contributed by atoms with E-state index in [4.69, 9.17) is 33.7 Å². The van der Waals surface area contributed by atoms with Crippen LogP contribution in [-0.4, -0.2) is 57.1 Å². The van der Waals surface area contributed by atoms with E-state index in [1.165, 1.54) is 16.7 Å². The van der Waals surface area contributed by atoms with Crippen molar-refractivity contribution >= 4 is 51.5 Å². The number of anilines is 2. The first kappa shape index (κ1) is 30.8. The second kappa shape index (κ2) is 11.3. The molecule has 6 rings (SSSR count). The molecule has 13 heteroatoms. The minimum atomic E-state index is -0.980. The molecule has 1 saturated heterocycles. The van der Waals surface area contributed by atoms with Gasteiger partial charge in [0.2, 0.25) is 5.91 Å². The first-order valence-corrected chi connectivity index (χ1v) is 15.1. The van der Waals surface area contributed by atoms with Gasteiger partial charge < -0.3 is 20.3 Å². The molecular formula is C32H30Cl2F2N6O3. The van der Waals surface area contributed by atoms with Crippen LogP contribution in [0.2, 0.25) is 10.0 Å². The molecule has 0 saturated carbocycles. The van der Waals surface area contributed by atoms with Crippen molar-refractivity contribution < 1.29 is 18.3 Å². The van der Waals surface area contributed by atoms with Crippen molar-refractivity contribution in [3.63, 3.8) is 0 Å². The first-order valence-electron chi connectivity index (χ1n) is 14.4. The van der Waals surface area contributed by atoms with Gasteiger partial charge in [-0.1, -0.05) is 43.6 Å². The predicted octanol–water partition coefficient (Wildman–Crippen LogP) is 6.03. The molecule has 0 bridgehead atoms. The van der Waals surface area contributed by atoms with E-state index in [1.807, 2.05) is 32.6 Å². The lowest BCUT2D eigenvalue weighted by atomic mass is 9.98. The molecule has 2 atom stereocenters. The number of halogens is 4. The molecule has 1 amide bonds. The van der Waals surface area contributed by atoms with Gasteiger partial charge in [0.1, 0.15) is 12.4 Å². The molecule has 2 aromatic carbocycles. The van der Waals surface area contributed by atoms with Crippen LogP contribution in [0.25, 0.3) is 27.7 Å². The van der Waals surface area contributed by atoms with Crippen LogP contribution >= 0.6 is 23.2 Å². The summed E-state index contributed by atoms with van der Waals surface area (Å²) < 4.78 is 40.0. The Morgan fingerprint density at radius 2 is 1.93 bits per heavy atom. The van der Waals surface area contributed by atoms with Gasteiger partial charge in [-0.3, -0.25) is 14.3 Å². The fraction of sp³-hybridized carbons (Fsp3) is 0.312. The number of nitrogen functional groups attached to an aromatic ring is 1. The Hall–Kier alpha value is -4.22. The predicted molar refractivity (Wildman–Crippen MR) is 172 cm³/mol. The third-order valence-corrected chi connectivity index (χ3v) is 9.04. The molecule has 0 radical (unpaired) electrons. The number of amides is 1. The molecule has 45 heavy (non-hydrogen) atoms. The zero-order chi connectivity index (χ0) is 32.5. The van der Waals surface area contributed by atoms with E-state index < -0.39 is 23.4 Å². The lowest BCUT2D eigenvalue weighted by molar-refractivity contribution is -0.129. The molecule has 0 spiro atoms. The number of hydrogen-bond donors (Lipinski definition) is 1. The summed E-state index contributed by atoms with van der Waals surface area (Å²) in [7, 11) is 0. The molecule has 9 nitrogen and oxygen atoms in total. The van der Waals surface area contributed by atoms with Crippen molar-refractivity contribution in [1.82, 2.24) is 19.4 Å². The molecule has 2 unspecified atom stereocenters. The van der Waals surface area contributed by atoms with Crippen molar-refractivity contribution in [2.45, 2.75) is 45.7 Å². The van der Waals surface area contributed by atoms with E-state index in [0.29, 0.717) is 11.4 Å². The Labute approximate surface area is 267 Å². The van der Waals surface area contributed by atoms with Gasteiger partial charge in [-0.15, -0.1) is 0 Å². The van der Waals surface area contributed by atoms with Gasteiger partial charge in [-0.05, 0) is 49.6 Å². The number of aromatic nitrogens is 3. The van der Waals surface area contributed by atoms with Crippen LogP contribution in [0.1, 0.15) is 37.9 Å². The number of carbonyl (C=O) groups excluding carboxylic acids is 1. The number of nitrogens with two attached hydrogens (primary N) is 1. The fourth-order valence-electron chi connectivity index (χ4n) is 6.26. The molecule has 1 fully saturated rings. The van der Waals surface area contributed by atoms with Crippen molar-refractivity contribution in [3.8, 4) is 22.6 Å². The number of rotatable bonds is 4. The van der Waals surface area contributed by atoms with E-state index in [-0.39, 0.29) is 86.9 Å². The third kappa shape index (κ3) is 4.80. The average molecular weight is 656 g/mol. The van der Waals surface area contributed by atoms with Crippen LogP contribution in [0, 0.1) is 18.6 Å². The third-order valence-electron chi connectivity index (χ3n) is 8.45. The molecule has 2 aliphatic rings. The molecule has 2 aromatic heterocycles. The Morgan fingerprint density at radius 3 is 2.62 bits per heavy atom. The highest BCUT2D eigenvalue weighted by atomic mass is 35.5. The summed E-state index contributed by atoms with van der Waals surface area (Å²) in [5.74, 6) is -2.33. The molecule has 2 N–H and O–H groups in total. The van der Waals surface area contributed by atoms with Crippen LogP contribution in [0.15, 0.2) is 41.8 Å². The molecular weight excluding hydrogens is 625 g/mol. The number of aryl methyl sites for hydroxylation is 1. The Morgan fingerprint density at radius 1 is 1.20 bits per heavy atom. The summed E-state index contributed by atoms with van der Waals surface area (Å²) in [5.41, 5.74) is 6.65. The van der Waals surface area contributed by atoms with Crippen LogP contribution in [-0.2, 0) is 4.79 Å². The summed E-state index contributed by atoms with van der Waals surface area (Å²) in [6, 6.07) is 3.48. The fourth-order valence-corrected chi connectivity index (χ4v) is 6.72. The highest BCUT2D eigenvalue weighted by Crippen LogP contribution is 2.47. The van der Waals surface area contributed by atoms with Crippen LogP contribution in [0.5, 0.6) is 5.75 Å². The highest BCUT2D eigenvalue weighted by molar-refractivity contribution is 6.37. The quantitative estimate of drug-likeness (QED) is 0.163. The topological polar surface area (TPSA) is 107 Å². The Kier molecular flexibility index (Phi) is 7.73. The SMILES string of the molecule is C=CC(=O)N1CC2COc3c(F)c(-c4c(N)c(Cl)cc(Cl)c4F)cc4c3c(nc(=O)n4-c3c(C)ccnc3C(C)C)N2CC1C. The average Bonchev–Trinajstić information content (AvgIpc) is 3.15. The maximum Gasteiger partial charge on any atom is 0.354 e. The summed E-state index contributed by atoms with van der Waals surface area (Å²) in [4.78, 5) is 39.4. The van der Waals surface area contributed by atoms with Gasteiger partial charge in [0, 0.05) is 36.5 Å². The summed E-state index contributed by atoms with van der Waals surface area (Å²) >= 11 is 12.4. The van der Waals surface area contributed by atoms with Crippen LogP contribution in [0.4, 0.5) is 20.3 Å². The monoisotopic (exact) mass is 654 g/mol. The standard InChI is InChI=1S/C32H30Cl2F2N6O3/c1-6-22(43)40-12-17-13-45-30-24-21(9-18(25(30)35)23-26(36)19(33)10-20(34)27(23)37)42(29-15(4)7-8-38-28(29)14(2)3)32(44)39-31(24)41(17)11-16(40)5/h6-10,14,16-17H,1,11-13,37H2,2-5H3. The summed E-state index contributed by atoms with van der Waals surface area (Å²) in [6.07, 6.45) is 2.89. The van der Waals surface area contributed by atoms with E-state index in [9.17, 15) is 9.59 Å². The van der Waals surface area contributed by atoms with Crippen molar-refractivity contribution in [2.24, 2.45) is 0 Å². The number of carbonyl (C=O) groups is 1. The van der Waals surface area contributed by atoms with Crippen molar-refractivity contribution in [2.75, 3.05) is 30.3 Å². The van der Waals surface area contributed by atoms with Gasteiger partial charge in [0.05, 0.1) is 44.1 Å². The summed E-state index contributed by atoms with van der Waals surface area (Å²) in [6.45, 7) is 11.6. The number of piperazine rings is 1. The second-order valence-corrected chi connectivity index (χ2v) is 12.4. The zero-order valence-corrected chi connectivity index (χ0v) is 26.5. The normalized spacial score (nSPS) is 17.7. The van der Waals surface area contributed by atoms with E-state index >= 15 is 8.78 Å². The lowest BCUT2D eigenvalue weighted by Crippen LogP contribution is -2.60. The first-order chi connectivity index (χ1) is 21.3. The molecule has 4 heterocycles. The molecule has 0 aliphatic carbocycles. The smallest absolute Gasteiger partial charge is 0.354 e. The van der Waals surface area contributed by atoms with Crippen LogP contribution < -0.4 is 21.1 Å². The number of ether oxygens (including phenoxy) is 1. The van der Waals surface area contributed by atoms with E-state index in [1.54, 1.807) is 17.2 Å². The highest BCUT2D eigenvalue weighted by Gasteiger charge is 2.40. The number of fused-ring (bicyclic) bond motifs is 2. The maximum absolute atomic E-state index is 16.8. The Balaban J connectivity index is 1.74. The van der Waals surface area contributed by atoms with Crippen LogP contribution in [0.3, 0.4) is 0 Å². The van der Waals surface area contributed by atoms with E-state index in [0.717, 1.165) is 11.6 Å². The molecule has 2 aliphatic heterocycles.